The Morgan fingerprint density at radius 3 is 1.21 bits per heavy atom. The first-order valence-corrected chi connectivity index (χ1v) is 8.24. The highest BCUT2D eigenvalue weighted by atomic mass is 16.3. The second-order valence-corrected chi connectivity index (χ2v) is 6.20. The van der Waals surface area contributed by atoms with Gasteiger partial charge in [-0.2, -0.15) is 0 Å². The van der Waals surface area contributed by atoms with E-state index in [1.54, 1.807) is 12.1 Å². The minimum absolute atomic E-state index is 0.0144. The first-order valence-electron chi connectivity index (χ1n) is 8.24. The molecule has 2 atom stereocenters. The van der Waals surface area contributed by atoms with Gasteiger partial charge < -0.3 is 10.2 Å². The highest BCUT2D eigenvalue weighted by Gasteiger charge is 2.24. The molecule has 2 nitrogen and oxygen atoms in total. The van der Waals surface area contributed by atoms with E-state index in [4.69, 9.17) is 0 Å². The Bertz CT molecular complexity index is 740. The molecule has 3 rings (SSSR count). The number of phenols is 2. The molecule has 0 saturated carbocycles. The van der Waals surface area contributed by atoms with Gasteiger partial charge in [0.1, 0.15) is 11.5 Å². The number of hydrogen-bond acceptors (Lipinski definition) is 2. The van der Waals surface area contributed by atoms with Crippen LogP contribution in [0.2, 0.25) is 0 Å². The summed E-state index contributed by atoms with van der Waals surface area (Å²) in [6.07, 6.45) is 0. The van der Waals surface area contributed by atoms with E-state index in [1.807, 2.05) is 60.7 Å². The van der Waals surface area contributed by atoms with Crippen molar-refractivity contribution in [3.8, 4) is 11.5 Å². The third-order valence-electron chi connectivity index (χ3n) is 4.71. The summed E-state index contributed by atoms with van der Waals surface area (Å²) in [5.74, 6) is 0.419. The molecule has 0 fully saturated rings. The maximum Gasteiger partial charge on any atom is 0.119 e. The lowest BCUT2D eigenvalue weighted by Gasteiger charge is -2.23. The van der Waals surface area contributed by atoms with Crippen molar-refractivity contribution < 1.29 is 10.2 Å². The second kappa shape index (κ2) is 6.79. The summed E-state index contributed by atoms with van der Waals surface area (Å²) in [6, 6.07) is 23.3. The Morgan fingerprint density at radius 1 is 0.542 bits per heavy atom. The topological polar surface area (TPSA) is 40.5 Å². The summed E-state index contributed by atoms with van der Waals surface area (Å²) >= 11 is 0. The SMILES string of the molecule is CC(c1ccccc1)c1c(O)ccc(O)c1C(C)c1ccccc1. The van der Waals surface area contributed by atoms with Gasteiger partial charge in [0, 0.05) is 23.0 Å². The average molecular weight is 318 g/mol. The smallest absolute Gasteiger partial charge is 0.119 e. The van der Waals surface area contributed by atoms with Crippen LogP contribution in [0.15, 0.2) is 72.8 Å². The van der Waals surface area contributed by atoms with Crippen molar-refractivity contribution in [1.82, 2.24) is 0 Å². The molecule has 2 heteroatoms. The fraction of sp³-hybridized carbons (Fsp3) is 0.182. The Labute approximate surface area is 143 Å². The average Bonchev–Trinajstić information content (AvgIpc) is 2.63. The molecule has 0 aliphatic heterocycles. The third kappa shape index (κ3) is 3.00. The largest absolute Gasteiger partial charge is 0.508 e. The van der Waals surface area contributed by atoms with Crippen LogP contribution in [0, 0.1) is 0 Å². The summed E-state index contributed by atoms with van der Waals surface area (Å²) in [5, 5.41) is 21.1. The maximum atomic E-state index is 10.5. The number of hydrogen-bond donors (Lipinski definition) is 2. The van der Waals surface area contributed by atoms with E-state index in [-0.39, 0.29) is 23.3 Å². The first kappa shape index (κ1) is 16.1. The van der Waals surface area contributed by atoms with Crippen molar-refractivity contribution in [1.29, 1.82) is 0 Å². The van der Waals surface area contributed by atoms with E-state index < -0.39 is 0 Å². The Balaban J connectivity index is 2.14. The monoisotopic (exact) mass is 318 g/mol. The molecule has 2 N–H and O–H groups in total. The van der Waals surface area contributed by atoms with Crippen LogP contribution < -0.4 is 0 Å². The lowest BCUT2D eigenvalue weighted by molar-refractivity contribution is 0.444. The number of benzene rings is 3. The van der Waals surface area contributed by atoms with Crippen molar-refractivity contribution in [2.45, 2.75) is 25.7 Å². The van der Waals surface area contributed by atoms with E-state index in [9.17, 15) is 10.2 Å². The van der Waals surface area contributed by atoms with Crippen molar-refractivity contribution in [3.05, 3.63) is 95.1 Å². The van der Waals surface area contributed by atoms with Gasteiger partial charge in [0.25, 0.3) is 0 Å². The molecule has 3 aromatic carbocycles. The molecular formula is C22H22O2. The molecule has 2 unspecified atom stereocenters. The van der Waals surface area contributed by atoms with Gasteiger partial charge in [-0.15, -0.1) is 0 Å². The molecule has 0 heterocycles. The van der Waals surface area contributed by atoms with Crippen molar-refractivity contribution in [2.24, 2.45) is 0 Å². The number of aromatic hydroxyl groups is 2. The van der Waals surface area contributed by atoms with Gasteiger partial charge in [-0.3, -0.25) is 0 Å². The second-order valence-electron chi connectivity index (χ2n) is 6.20. The van der Waals surface area contributed by atoms with Crippen molar-refractivity contribution >= 4 is 0 Å². The number of rotatable bonds is 4. The van der Waals surface area contributed by atoms with Crippen LogP contribution in [0.1, 0.15) is 47.9 Å². The lowest BCUT2D eigenvalue weighted by Crippen LogP contribution is -2.06. The zero-order valence-electron chi connectivity index (χ0n) is 14.0. The quantitative estimate of drug-likeness (QED) is 0.632. The van der Waals surface area contributed by atoms with Gasteiger partial charge in [-0.25, -0.2) is 0 Å². The molecule has 24 heavy (non-hydrogen) atoms. The van der Waals surface area contributed by atoms with Crippen LogP contribution in [-0.4, -0.2) is 10.2 Å². The molecule has 122 valence electrons. The molecule has 0 spiro atoms. The van der Waals surface area contributed by atoms with Crippen LogP contribution in [0.4, 0.5) is 0 Å². The molecule has 0 aromatic heterocycles. The molecular weight excluding hydrogens is 296 g/mol. The van der Waals surface area contributed by atoms with Gasteiger partial charge in [-0.1, -0.05) is 74.5 Å². The summed E-state index contributed by atoms with van der Waals surface area (Å²) in [4.78, 5) is 0. The van der Waals surface area contributed by atoms with E-state index in [0.717, 1.165) is 22.3 Å². The highest BCUT2D eigenvalue weighted by molar-refractivity contribution is 5.55. The van der Waals surface area contributed by atoms with E-state index in [2.05, 4.69) is 13.8 Å². The van der Waals surface area contributed by atoms with Gasteiger partial charge in [0.05, 0.1) is 0 Å². The molecule has 0 aliphatic carbocycles. The molecule has 0 radical (unpaired) electrons. The molecule has 0 bridgehead atoms. The van der Waals surface area contributed by atoms with Crippen LogP contribution in [0.5, 0.6) is 11.5 Å². The normalized spacial score (nSPS) is 13.4. The van der Waals surface area contributed by atoms with Gasteiger partial charge >= 0.3 is 0 Å². The highest BCUT2D eigenvalue weighted by Crippen LogP contribution is 2.43. The van der Waals surface area contributed by atoms with Crippen LogP contribution >= 0.6 is 0 Å². The van der Waals surface area contributed by atoms with Gasteiger partial charge in [0.2, 0.25) is 0 Å². The third-order valence-corrected chi connectivity index (χ3v) is 4.71. The minimum atomic E-state index is -0.0144. The Hall–Kier alpha value is -2.74. The predicted molar refractivity (Wildman–Crippen MR) is 97.7 cm³/mol. The van der Waals surface area contributed by atoms with Gasteiger partial charge in [-0.05, 0) is 23.3 Å². The Kier molecular flexibility index (Phi) is 4.57. The molecule has 0 saturated heterocycles. The van der Waals surface area contributed by atoms with E-state index in [0.29, 0.717) is 0 Å². The zero-order valence-corrected chi connectivity index (χ0v) is 14.0. The minimum Gasteiger partial charge on any atom is -0.508 e. The summed E-state index contributed by atoms with van der Waals surface area (Å²) in [5.41, 5.74) is 3.80. The predicted octanol–water partition coefficient (Wildman–Crippen LogP) is 5.40. The van der Waals surface area contributed by atoms with E-state index >= 15 is 0 Å². The van der Waals surface area contributed by atoms with Crippen LogP contribution in [0.3, 0.4) is 0 Å². The summed E-state index contributed by atoms with van der Waals surface area (Å²) in [7, 11) is 0. The summed E-state index contributed by atoms with van der Waals surface area (Å²) < 4.78 is 0. The molecule has 0 aliphatic rings. The number of phenolic OH excluding ortho intramolecular Hbond substituents is 2. The molecule has 3 aromatic rings. The van der Waals surface area contributed by atoms with Crippen molar-refractivity contribution in [3.63, 3.8) is 0 Å². The first-order chi connectivity index (χ1) is 11.6. The lowest BCUT2D eigenvalue weighted by atomic mass is 9.82. The van der Waals surface area contributed by atoms with Crippen LogP contribution in [0.25, 0.3) is 0 Å². The standard InChI is InChI=1S/C22H22O2/c1-15(17-9-5-3-6-10-17)21-19(23)13-14-20(24)22(21)16(2)18-11-7-4-8-12-18/h3-16,23-24H,1-2H3. The molecule has 0 amide bonds. The maximum absolute atomic E-state index is 10.5. The van der Waals surface area contributed by atoms with E-state index in [1.165, 1.54) is 0 Å². The fourth-order valence-corrected chi connectivity index (χ4v) is 3.34. The van der Waals surface area contributed by atoms with Crippen molar-refractivity contribution in [2.75, 3.05) is 0 Å². The summed E-state index contributed by atoms with van der Waals surface area (Å²) in [6.45, 7) is 4.12. The van der Waals surface area contributed by atoms with Crippen LogP contribution in [-0.2, 0) is 0 Å². The Morgan fingerprint density at radius 2 is 0.875 bits per heavy atom. The van der Waals surface area contributed by atoms with Gasteiger partial charge in [0.15, 0.2) is 0 Å². The zero-order chi connectivity index (χ0) is 17.1. The fourth-order valence-electron chi connectivity index (χ4n) is 3.34.